The highest BCUT2D eigenvalue weighted by atomic mass is 32.2. The predicted molar refractivity (Wildman–Crippen MR) is 87.0 cm³/mol. The van der Waals surface area contributed by atoms with Gasteiger partial charge in [-0.2, -0.15) is 0 Å². The van der Waals surface area contributed by atoms with Gasteiger partial charge in [0.2, 0.25) is 5.91 Å². The average Bonchev–Trinajstić information content (AvgIpc) is 2.55. The van der Waals surface area contributed by atoms with Crippen molar-refractivity contribution in [3.63, 3.8) is 0 Å². The number of methoxy groups -OCH3 is 1. The van der Waals surface area contributed by atoms with Crippen LogP contribution >= 0.6 is 11.8 Å². The van der Waals surface area contributed by atoms with Gasteiger partial charge < -0.3 is 14.5 Å². The highest BCUT2D eigenvalue weighted by Gasteiger charge is 2.24. The highest BCUT2D eigenvalue weighted by molar-refractivity contribution is 8.00. The maximum atomic E-state index is 12.5. The second-order valence-electron chi connectivity index (χ2n) is 5.20. The maximum absolute atomic E-state index is 12.5. The van der Waals surface area contributed by atoms with Gasteiger partial charge in [-0.15, -0.1) is 11.8 Å². The number of rotatable bonds is 5. The van der Waals surface area contributed by atoms with Gasteiger partial charge in [-0.1, -0.05) is 6.92 Å². The molecule has 0 aliphatic carbocycles. The SMILES string of the molecule is CCN1CCN(C(=O)[C@@H](C)Sc2ccc(OC)cc2)CC1. The Hall–Kier alpha value is -1.20. The molecule has 0 bridgehead atoms. The third-order valence-corrected chi connectivity index (χ3v) is 4.95. The summed E-state index contributed by atoms with van der Waals surface area (Å²) >= 11 is 1.61. The minimum Gasteiger partial charge on any atom is -0.497 e. The first-order valence-corrected chi connectivity index (χ1v) is 8.34. The van der Waals surface area contributed by atoms with E-state index < -0.39 is 0 Å². The van der Waals surface area contributed by atoms with Crippen molar-refractivity contribution in [2.75, 3.05) is 39.8 Å². The molecule has 0 spiro atoms. The number of piperazine rings is 1. The summed E-state index contributed by atoms with van der Waals surface area (Å²) in [4.78, 5) is 18.0. The largest absolute Gasteiger partial charge is 0.497 e. The number of hydrogen-bond donors (Lipinski definition) is 0. The lowest BCUT2D eigenvalue weighted by Gasteiger charge is -2.35. The summed E-state index contributed by atoms with van der Waals surface area (Å²) < 4.78 is 5.15. The van der Waals surface area contributed by atoms with Crippen LogP contribution in [0.2, 0.25) is 0 Å². The van der Waals surface area contributed by atoms with E-state index in [1.165, 1.54) is 0 Å². The average molecular weight is 308 g/mol. The van der Waals surface area contributed by atoms with Gasteiger partial charge in [0.15, 0.2) is 0 Å². The van der Waals surface area contributed by atoms with Crippen molar-refractivity contribution in [2.24, 2.45) is 0 Å². The molecule has 21 heavy (non-hydrogen) atoms. The number of thioether (sulfide) groups is 1. The maximum Gasteiger partial charge on any atom is 0.235 e. The molecule has 1 aromatic carbocycles. The van der Waals surface area contributed by atoms with Crippen molar-refractivity contribution in [2.45, 2.75) is 24.0 Å². The molecule has 1 atom stereocenters. The Labute approximate surface area is 131 Å². The number of carbonyl (C=O) groups excluding carboxylic acids is 1. The molecule has 0 unspecified atom stereocenters. The summed E-state index contributed by atoms with van der Waals surface area (Å²) in [7, 11) is 1.66. The van der Waals surface area contributed by atoms with Crippen molar-refractivity contribution in [1.82, 2.24) is 9.80 Å². The smallest absolute Gasteiger partial charge is 0.235 e. The van der Waals surface area contributed by atoms with Crippen LogP contribution in [-0.4, -0.2) is 60.8 Å². The molecular weight excluding hydrogens is 284 g/mol. The molecule has 2 rings (SSSR count). The summed E-state index contributed by atoms with van der Waals surface area (Å²) in [5.41, 5.74) is 0. The van der Waals surface area contributed by atoms with Gasteiger partial charge in [0, 0.05) is 31.1 Å². The summed E-state index contributed by atoms with van der Waals surface area (Å²) in [5.74, 6) is 1.08. The van der Waals surface area contributed by atoms with Crippen LogP contribution in [0.25, 0.3) is 0 Å². The first kappa shape index (κ1) is 16.2. The molecule has 1 heterocycles. The highest BCUT2D eigenvalue weighted by Crippen LogP contribution is 2.26. The second kappa shape index (κ2) is 7.71. The topological polar surface area (TPSA) is 32.8 Å². The van der Waals surface area contributed by atoms with Crippen LogP contribution in [0.1, 0.15) is 13.8 Å². The molecule has 0 aromatic heterocycles. The van der Waals surface area contributed by atoms with Crippen LogP contribution in [0.15, 0.2) is 29.2 Å². The van der Waals surface area contributed by atoms with Gasteiger partial charge >= 0.3 is 0 Å². The van der Waals surface area contributed by atoms with E-state index in [9.17, 15) is 4.79 Å². The number of ether oxygens (including phenoxy) is 1. The van der Waals surface area contributed by atoms with Gasteiger partial charge in [-0.3, -0.25) is 4.79 Å². The zero-order chi connectivity index (χ0) is 15.2. The monoisotopic (exact) mass is 308 g/mol. The molecule has 1 aromatic rings. The molecule has 1 fully saturated rings. The molecule has 0 N–H and O–H groups in total. The Kier molecular flexibility index (Phi) is 5.94. The Balaban J connectivity index is 1.87. The standard InChI is InChI=1S/C16H24N2O2S/c1-4-17-9-11-18(12-10-17)16(19)13(2)21-15-7-5-14(20-3)6-8-15/h5-8,13H,4,9-12H2,1-3H3/t13-/m1/s1. The van der Waals surface area contributed by atoms with E-state index in [1.54, 1.807) is 18.9 Å². The van der Waals surface area contributed by atoms with E-state index in [2.05, 4.69) is 11.8 Å². The molecule has 116 valence electrons. The van der Waals surface area contributed by atoms with E-state index in [1.807, 2.05) is 36.1 Å². The molecule has 1 aliphatic heterocycles. The second-order valence-corrected chi connectivity index (χ2v) is 6.61. The van der Waals surface area contributed by atoms with Crippen LogP contribution in [0.3, 0.4) is 0 Å². The zero-order valence-corrected chi connectivity index (χ0v) is 13.9. The van der Waals surface area contributed by atoms with Crippen LogP contribution < -0.4 is 4.74 Å². The Morgan fingerprint density at radius 3 is 2.38 bits per heavy atom. The minimum absolute atomic E-state index is 0.0495. The lowest BCUT2D eigenvalue weighted by molar-refractivity contribution is -0.132. The van der Waals surface area contributed by atoms with E-state index in [0.717, 1.165) is 43.4 Å². The van der Waals surface area contributed by atoms with Crippen LogP contribution in [0.5, 0.6) is 5.75 Å². The molecular formula is C16H24N2O2S. The molecule has 1 saturated heterocycles. The number of hydrogen-bond acceptors (Lipinski definition) is 4. The quantitative estimate of drug-likeness (QED) is 0.782. The summed E-state index contributed by atoms with van der Waals surface area (Å²) in [6.07, 6.45) is 0. The Morgan fingerprint density at radius 1 is 1.24 bits per heavy atom. The number of nitrogens with zero attached hydrogens (tertiary/aromatic N) is 2. The molecule has 1 amide bonds. The van der Waals surface area contributed by atoms with Crippen molar-refractivity contribution < 1.29 is 9.53 Å². The first-order valence-electron chi connectivity index (χ1n) is 7.46. The molecule has 1 aliphatic rings. The van der Waals surface area contributed by atoms with Gasteiger partial charge in [-0.05, 0) is 37.7 Å². The Morgan fingerprint density at radius 2 is 1.86 bits per heavy atom. The number of likely N-dealkylation sites (N-methyl/N-ethyl adjacent to an activating group) is 1. The third kappa shape index (κ3) is 4.38. The molecule has 5 heteroatoms. The number of benzene rings is 1. The van der Waals surface area contributed by atoms with Crippen LogP contribution in [0, 0.1) is 0 Å². The molecule has 0 radical (unpaired) electrons. The lowest BCUT2D eigenvalue weighted by atomic mass is 10.3. The predicted octanol–water partition coefficient (Wildman–Crippen LogP) is 2.34. The lowest BCUT2D eigenvalue weighted by Crippen LogP contribution is -2.50. The summed E-state index contributed by atoms with van der Waals surface area (Å²) in [6.45, 7) is 8.89. The number of amides is 1. The summed E-state index contributed by atoms with van der Waals surface area (Å²) in [5, 5.41) is -0.0495. The third-order valence-electron chi connectivity index (χ3n) is 3.85. The fraction of sp³-hybridized carbons (Fsp3) is 0.562. The van der Waals surface area contributed by atoms with Gasteiger partial charge in [0.05, 0.1) is 12.4 Å². The van der Waals surface area contributed by atoms with Crippen molar-refractivity contribution >= 4 is 17.7 Å². The Bertz CT molecular complexity index is 456. The zero-order valence-electron chi connectivity index (χ0n) is 13.0. The van der Waals surface area contributed by atoms with E-state index in [-0.39, 0.29) is 11.2 Å². The van der Waals surface area contributed by atoms with Gasteiger partial charge in [-0.25, -0.2) is 0 Å². The van der Waals surface area contributed by atoms with Crippen molar-refractivity contribution in [1.29, 1.82) is 0 Å². The van der Waals surface area contributed by atoms with E-state index >= 15 is 0 Å². The van der Waals surface area contributed by atoms with Gasteiger partial charge in [0.1, 0.15) is 5.75 Å². The fourth-order valence-corrected chi connectivity index (χ4v) is 3.40. The summed E-state index contributed by atoms with van der Waals surface area (Å²) in [6, 6.07) is 7.86. The van der Waals surface area contributed by atoms with Crippen LogP contribution in [0.4, 0.5) is 0 Å². The van der Waals surface area contributed by atoms with Crippen LogP contribution in [-0.2, 0) is 4.79 Å². The van der Waals surface area contributed by atoms with Crippen molar-refractivity contribution in [3.05, 3.63) is 24.3 Å². The van der Waals surface area contributed by atoms with E-state index in [0.29, 0.717) is 0 Å². The number of carbonyl (C=O) groups is 1. The van der Waals surface area contributed by atoms with E-state index in [4.69, 9.17) is 4.74 Å². The fourth-order valence-electron chi connectivity index (χ4n) is 2.45. The van der Waals surface area contributed by atoms with Gasteiger partial charge in [0.25, 0.3) is 0 Å². The molecule has 4 nitrogen and oxygen atoms in total. The first-order chi connectivity index (χ1) is 10.1. The normalized spacial score (nSPS) is 17.6. The molecule has 0 saturated carbocycles. The van der Waals surface area contributed by atoms with Crippen molar-refractivity contribution in [3.8, 4) is 5.75 Å². The minimum atomic E-state index is -0.0495.